The second kappa shape index (κ2) is 10.8. The van der Waals surface area contributed by atoms with Gasteiger partial charge in [0, 0.05) is 44.6 Å². The molecule has 0 atom stereocenters. The molecule has 1 aliphatic heterocycles. The predicted molar refractivity (Wildman–Crippen MR) is 121 cm³/mol. The van der Waals surface area contributed by atoms with Gasteiger partial charge < -0.3 is 24.0 Å². The van der Waals surface area contributed by atoms with E-state index in [1.165, 1.54) is 24.3 Å². The largest absolute Gasteiger partial charge is 0.488 e. The van der Waals surface area contributed by atoms with Crippen molar-refractivity contribution in [3.05, 3.63) is 71.8 Å². The first kappa shape index (κ1) is 23.8. The number of aliphatic hydroxyl groups excluding tert-OH is 1. The molecule has 0 saturated carbocycles. The summed E-state index contributed by atoms with van der Waals surface area (Å²) in [6.45, 7) is 1.07. The summed E-state index contributed by atoms with van der Waals surface area (Å²) in [7, 11) is 1.80. The van der Waals surface area contributed by atoms with Crippen LogP contribution in [-0.2, 0) is 18.3 Å². The third-order valence-corrected chi connectivity index (χ3v) is 5.79. The van der Waals surface area contributed by atoms with Crippen LogP contribution in [0.4, 0.5) is 8.78 Å². The molecule has 1 fully saturated rings. The van der Waals surface area contributed by atoms with Crippen LogP contribution in [0.2, 0.25) is 0 Å². The number of nitrogens with zero attached hydrogens (tertiary/aromatic N) is 3. The molecule has 0 spiro atoms. The van der Waals surface area contributed by atoms with Gasteiger partial charge in [0.1, 0.15) is 18.1 Å². The number of aliphatic hydroxyl groups is 1. The van der Waals surface area contributed by atoms with Crippen molar-refractivity contribution in [3.8, 4) is 16.9 Å². The van der Waals surface area contributed by atoms with Gasteiger partial charge in [-0.25, -0.2) is 13.8 Å². The first-order chi connectivity index (χ1) is 16.5. The smallest absolute Gasteiger partial charge is 0.274 e. The van der Waals surface area contributed by atoms with Crippen LogP contribution in [0.1, 0.15) is 28.9 Å². The molecule has 2 heterocycles. The van der Waals surface area contributed by atoms with Crippen molar-refractivity contribution < 1.29 is 28.2 Å². The molecular formula is C25H27F2N3O4. The van der Waals surface area contributed by atoms with E-state index in [1.807, 2.05) is 0 Å². The third-order valence-electron chi connectivity index (χ3n) is 5.79. The number of carbonyl (C=O) groups is 1. The molecule has 0 unspecified atom stereocenters. The third kappa shape index (κ3) is 5.43. The number of ether oxygens (including phenoxy) is 2. The molecule has 1 saturated heterocycles. The molecule has 0 aliphatic carbocycles. The number of imidazole rings is 1. The normalized spacial score (nSPS) is 14.2. The molecule has 1 aliphatic rings. The first-order valence-electron chi connectivity index (χ1n) is 11.1. The summed E-state index contributed by atoms with van der Waals surface area (Å²) in [4.78, 5) is 19.3. The Balaban J connectivity index is 1.64. The maximum atomic E-state index is 14.8. The zero-order valence-electron chi connectivity index (χ0n) is 18.9. The molecule has 3 aromatic rings. The van der Waals surface area contributed by atoms with E-state index in [1.54, 1.807) is 41.2 Å². The Labute approximate surface area is 196 Å². The lowest BCUT2D eigenvalue weighted by Crippen LogP contribution is -2.43. The van der Waals surface area contributed by atoms with Crippen LogP contribution in [0.3, 0.4) is 0 Å². The van der Waals surface area contributed by atoms with Crippen LogP contribution in [0.25, 0.3) is 11.1 Å². The average molecular weight is 472 g/mol. The second-order valence-electron chi connectivity index (χ2n) is 8.23. The Hall–Kier alpha value is -3.30. The van der Waals surface area contributed by atoms with Crippen molar-refractivity contribution in [3.63, 3.8) is 0 Å². The average Bonchev–Trinajstić information content (AvgIpc) is 3.29. The zero-order chi connectivity index (χ0) is 24.1. The highest BCUT2D eigenvalue weighted by Crippen LogP contribution is 2.30. The van der Waals surface area contributed by atoms with E-state index in [4.69, 9.17) is 14.6 Å². The van der Waals surface area contributed by atoms with E-state index in [2.05, 4.69) is 4.98 Å². The number of benzene rings is 2. The van der Waals surface area contributed by atoms with E-state index in [0.717, 1.165) is 5.56 Å². The van der Waals surface area contributed by atoms with E-state index in [9.17, 15) is 13.6 Å². The van der Waals surface area contributed by atoms with Gasteiger partial charge >= 0.3 is 0 Å². The molecule has 0 bridgehead atoms. The predicted octanol–water partition coefficient (Wildman–Crippen LogP) is 3.56. The maximum absolute atomic E-state index is 14.8. The summed E-state index contributed by atoms with van der Waals surface area (Å²) in [5.74, 6) is -1.33. The van der Waals surface area contributed by atoms with Gasteiger partial charge in [0.2, 0.25) is 0 Å². The summed E-state index contributed by atoms with van der Waals surface area (Å²) in [6, 6.07) is 8.70. The molecule has 180 valence electrons. The SMILES string of the molecule is Cn1cnc(C(=O)N(Cc2ccc(F)c(-c3ccc(F)c(OCCO)c3)c2)C2CCOCC2)c1. The van der Waals surface area contributed by atoms with Crippen LogP contribution in [0.15, 0.2) is 48.9 Å². The number of amides is 1. The lowest BCUT2D eigenvalue weighted by atomic mass is 10.0. The first-order valence-corrected chi connectivity index (χ1v) is 11.1. The van der Waals surface area contributed by atoms with Crippen molar-refractivity contribution in [2.75, 3.05) is 26.4 Å². The molecule has 1 amide bonds. The van der Waals surface area contributed by atoms with Gasteiger partial charge in [-0.3, -0.25) is 4.79 Å². The Morgan fingerprint density at radius 2 is 1.97 bits per heavy atom. The summed E-state index contributed by atoms with van der Waals surface area (Å²) in [5.41, 5.74) is 1.78. The van der Waals surface area contributed by atoms with Crippen molar-refractivity contribution in [2.24, 2.45) is 7.05 Å². The topological polar surface area (TPSA) is 76.8 Å². The van der Waals surface area contributed by atoms with Gasteiger partial charge in [-0.15, -0.1) is 0 Å². The van der Waals surface area contributed by atoms with Crippen molar-refractivity contribution in [1.82, 2.24) is 14.5 Å². The number of hydrogen-bond donors (Lipinski definition) is 1. The van der Waals surface area contributed by atoms with Crippen molar-refractivity contribution in [1.29, 1.82) is 0 Å². The number of aryl methyl sites for hydroxylation is 1. The molecule has 34 heavy (non-hydrogen) atoms. The maximum Gasteiger partial charge on any atom is 0.274 e. The van der Waals surface area contributed by atoms with Crippen LogP contribution >= 0.6 is 0 Å². The lowest BCUT2D eigenvalue weighted by molar-refractivity contribution is 0.0264. The number of rotatable bonds is 8. The highest BCUT2D eigenvalue weighted by atomic mass is 19.1. The summed E-state index contributed by atoms with van der Waals surface area (Å²) >= 11 is 0. The van der Waals surface area contributed by atoms with Gasteiger partial charge in [0.25, 0.3) is 5.91 Å². The monoisotopic (exact) mass is 471 g/mol. The Kier molecular flexibility index (Phi) is 7.54. The summed E-state index contributed by atoms with van der Waals surface area (Å²) in [6.07, 6.45) is 4.67. The standard InChI is InChI=1S/C25H27F2N3O4/c1-29-15-23(28-16-29)25(32)30(19-6-9-33-10-7-19)14-17-2-4-21(26)20(12-17)18-3-5-22(27)24(13-18)34-11-8-31/h2-5,12-13,15-16,19,31H,6-11,14H2,1H3. The highest BCUT2D eigenvalue weighted by molar-refractivity contribution is 5.92. The quantitative estimate of drug-likeness (QED) is 0.544. The summed E-state index contributed by atoms with van der Waals surface area (Å²) < 4.78 is 41.2. The Bertz CT molecular complexity index is 1140. The Morgan fingerprint density at radius 1 is 1.21 bits per heavy atom. The number of halogens is 2. The molecule has 4 rings (SSSR count). The van der Waals surface area contributed by atoms with Crippen LogP contribution in [-0.4, -0.2) is 57.9 Å². The van der Waals surface area contributed by atoms with E-state index < -0.39 is 11.6 Å². The number of carbonyl (C=O) groups excluding carboxylic acids is 1. The highest BCUT2D eigenvalue weighted by Gasteiger charge is 2.28. The van der Waals surface area contributed by atoms with Crippen LogP contribution in [0, 0.1) is 11.6 Å². The molecule has 2 aromatic carbocycles. The number of hydrogen-bond acceptors (Lipinski definition) is 5. The van der Waals surface area contributed by atoms with Gasteiger partial charge in [-0.05, 0) is 48.2 Å². The van der Waals surface area contributed by atoms with Crippen LogP contribution < -0.4 is 4.74 Å². The van der Waals surface area contributed by atoms with E-state index >= 15 is 0 Å². The van der Waals surface area contributed by atoms with Crippen molar-refractivity contribution in [2.45, 2.75) is 25.4 Å². The number of aromatic nitrogens is 2. The summed E-state index contributed by atoms with van der Waals surface area (Å²) in [5, 5.41) is 8.95. The Morgan fingerprint density at radius 3 is 2.68 bits per heavy atom. The van der Waals surface area contributed by atoms with Crippen molar-refractivity contribution >= 4 is 5.91 Å². The van der Waals surface area contributed by atoms with Gasteiger partial charge in [-0.1, -0.05) is 12.1 Å². The van der Waals surface area contributed by atoms with E-state index in [0.29, 0.717) is 37.3 Å². The fourth-order valence-electron chi connectivity index (χ4n) is 4.06. The fraction of sp³-hybridized carbons (Fsp3) is 0.360. The minimum Gasteiger partial charge on any atom is -0.488 e. The molecule has 1 aromatic heterocycles. The molecule has 0 radical (unpaired) electrons. The van der Waals surface area contributed by atoms with E-state index in [-0.39, 0.29) is 43.0 Å². The van der Waals surface area contributed by atoms with Gasteiger partial charge in [0.05, 0.1) is 12.9 Å². The van der Waals surface area contributed by atoms with Gasteiger partial charge in [0.15, 0.2) is 11.6 Å². The molecule has 1 N–H and O–H groups in total. The molecule has 7 nitrogen and oxygen atoms in total. The second-order valence-corrected chi connectivity index (χ2v) is 8.23. The zero-order valence-corrected chi connectivity index (χ0v) is 18.9. The minimum atomic E-state index is -0.597. The molecular weight excluding hydrogens is 444 g/mol. The fourth-order valence-corrected chi connectivity index (χ4v) is 4.06. The minimum absolute atomic E-state index is 0.0268. The van der Waals surface area contributed by atoms with Crippen LogP contribution in [0.5, 0.6) is 5.75 Å². The lowest BCUT2D eigenvalue weighted by Gasteiger charge is -2.34. The van der Waals surface area contributed by atoms with Gasteiger partial charge in [-0.2, -0.15) is 0 Å². The molecule has 9 heteroatoms.